The molecule has 5 heteroatoms. The number of rotatable bonds is 4. The minimum atomic E-state index is -1.10. The Hall–Kier alpha value is -2.56. The third-order valence-electron chi connectivity index (χ3n) is 2.81. The van der Waals surface area contributed by atoms with Gasteiger partial charge in [0.1, 0.15) is 11.6 Å². The second kappa shape index (κ2) is 6.06. The summed E-state index contributed by atoms with van der Waals surface area (Å²) in [6, 6.07) is 12.8. The van der Waals surface area contributed by atoms with Crippen LogP contribution in [0.15, 0.2) is 48.5 Å². The van der Waals surface area contributed by atoms with Gasteiger partial charge in [0.2, 0.25) is 0 Å². The zero-order chi connectivity index (χ0) is 14.5. The summed E-state index contributed by atoms with van der Waals surface area (Å²) in [5, 5.41) is 9.28. The monoisotopic (exact) mass is 275 g/mol. The lowest BCUT2D eigenvalue weighted by Crippen LogP contribution is -2.28. The van der Waals surface area contributed by atoms with Crippen LogP contribution >= 0.6 is 0 Å². The quantitative estimate of drug-likeness (QED) is 0.928. The van der Waals surface area contributed by atoms with Gasteiger partial charge in [0.05, 0.1) is 13.7 Å². The van der Waals surface area contributed by atoms with E-state index >= 15 is 0 Å². The molecule has 4 nitrogen and oxygen atoms in total. The van der Waals surface area contributed by atoms with Crippen molar-refractivity contribution in [1.29, 1.82) is 0 Å². The van der Waals surface area contributed by atoms with E-state index in [-0.39, 0.29) is 6.54 Å². The Morgan fingerprint density at radius 2 is 1.95 bits per heavy atom. The van der Waals surface area contributed by atoms with Crippen LogP contribution in [-0.4, -0.2) is 18.3 Å². The number of ether oxygens (including phenoxy) is 1. The average Bonchev–Trinajstić information content (AvgIpc) is 2.44. The van der Waals surface area contributed by atoms with E-state index in [2.05, 4.69) is 0 Å². The number of benzene rings is 2. The summed E-state index contributed by atoms with van der Waals surface area (Å²) >= 11 is 0. The standard InChI is InChI=1S/C15H14FNO3/c1-20-14-8-11(7-12(16)9-14)10-17(15(18)19)13-5-3-2-4-6-13/h2-9H,10H2,1H3,(H,18,19). The first-order valence-electron chi connectivity index (χ1n) is 5.99. The number of anilines is 1. The van der Waals surface area contributed by atoms with Crippen LogP contribution in [0.2, 0.25) is 0 Å². The maximum atomic E-state index is 13.4. The van der Waals surface area contributed by atoms with Crippen molar-refractivity contribution < 1.29 is 19.0 Å². The maximum absolute atomic E-state index is 13.4. The topological polar surface area (TPSA) is 49.8 Å². The van der Waals surface area contributed by atoms with Gasteiger partial charge in [-0.2, -0.15) is 0 Å². The fourth-order valence-electron chi connectivity index (χ4n) is 1.89. The van der Waals surface area contributed by atoms with E-state index in [1.54, 1.807) is 36.4 Å². The van der Waals surface area contributed by atoms with Crippen LogP contribution < -0.4 is 9.64 Å². The molecule has 0 atom stereocenters. The minimum absolute atomic E-state index is 0.0491. The van der Waals surface area contributed by atoms with Gasteiger partial charge in [-0.1, -0.05) is 18.2 Å². The molecule has 0 spiro atoms. The molecule has 2 rings (SSSR count). The third kappa shape index (κ3) is 3.26. The van der Waals surface area contributed by atoms with E-state index in [9.17, 15) is 14.3 Å². The predicted octanol–water partition coefficient (Wildman–Crippen LogP) is 3.52. The van der Waals surface area contributed by atoms with Crippen molar-refractivity contribution in [2.24, 2.45) is 0 Å². The van der Waals surface area contributed by atoms with E-state index in [4.69, 9.17) is 4.74 Å². The van der Waals surface area contributed by atoms with Crippen molar-refractivity contribution in [3.05, 3.63) is 59.9 Å². The summed E-state index contributed by atoms with van der Waals surface area (Å²) < 4.78 is 18.4. The number of hydrogen-bond donors (Lipinski definition) is 1. The molecule has 0 aliphatic heterocycles. The number of nitrogens with zero attached hydrogens (tertiary/aromatic N) is 1. The molecule has 1 amide bonds. The summed E-state index contributed by atoms with van der Waals surface area (Å²) in [4.78, 5) is 12.5. The molecule has 0 bridgehead atoms. The molecule has 0 fully saturated rings. The van der Waals surface area contributed by atoms with E-state index in [0.717, 1.165) is 4.90 Å². The number of hydrogen-bond acceptors (Lipinski definition) is 2. The first-order chi connectivity index (χ1) is 9.60. The highest BCUT2D eigenvalue weighted by atomic mass is 19.1. The molecule has 0 saturated carbocycles. The Morgan fingerprint density at radius 1 is 1.25 bits per heavy atom. The summed E-state index contributed by atoms with van der Waals surface area (Å²) in [7, 11) is 1.44. The maximum Gasteiger partial charge on any atom is 0.412 e. The molecular formula is C15H14FNO3. The molecule has 0 radical (unpaired) electrons. The number of methoxy groups -OCH3 is 1. The van der Waals surface area contributed by atoms with Gasteiger partial charge in [0.25, 0.3) is 0 Å². The van der Waals surface area contributed by atoms with Gasteiger partial charge in [-0.15, -0.1) is 0 Å². The van der Waals surface area contributed by atoms with Gasteiger partial charge in [-0.3, -0.25) is 4.90 Å². The number of carboxylic acid groups (broad SMARTS) is 1. The Balaban J connectivity index is 2.29. The van der Waals surface area contributed by atoms with Gasteiger partial charge in [0, 0.05) is 11.8 Å². The first kappa shape index (κ1) is 13.9. The molecule has 0 heterocycles. The lowest BCUT2D eigenvalue weighted by Gasteiger charge is -2.19. The number of halogens is 1. The summed E-state index contributed by atoms with van der Waals surface area (Å²) in [5.41, 5.74) is 1.05. The van der Waals surface area contributed by atoms with E-state index in [0.29, 0.717) is 17.0 Å². The molecule has 1 N–H and O–H groups in total. The molecule has 20 heavy (non-hydrogen) atoms. The number of para-hydroxylation sites is 1. The van der Waals surface area contributed by atoms with Crippen molar-refractivity contribution in [3.63, 3.8) is 0 Å². The average molecular weight is 275 g/mol. The van der Waals surface area contributed by atoms with Crippen LogP contribution in [-0.2, 0) is 6.54 Å². The third-order valence-corrected chi connectivity index (χ3v) is 2.81. The molecule has 104 valence electrons. The van der Waals surface area contributed by atoms with E-state index in [1.807, 2.05) is 0 Å². The molecule has 2 aromatic rings. The first-order valence-corrected chi connectivity index (χ1v) is 5.99. The van der Waals surface area contributed by atoms with Gasteiger partial charge in [-0.05, 0) is 29.8 Å². The summed E-state index contributed by atoms with van der Waals surface area (Å²) in [6.45, 7) is 0.0491. The number of amides is 1. The summed E-state index contributed by atoms with van der Waals surface area (Å²) in [5.74, 6) is -0.101. The fourth-order valence-corrected chi connectivity index (χ4v) is 1.89. The molecule has 0 aromatic heterocycles. The zero-order valence-corrected chi connectivity index (χ0v) is 10.9. The van der Waals surface area contributed by atoms with Crippen molar-refractivity contribution in [2.45, 2.75) is 6.54 Å². The molecular weight excluding hydrogens is 261 g/mol. The molecule has 0 aliphatic rings. The highest BCUT2D eigenvalue weighted by Gasteiger charge is 2.15. The van der Waals surface area contributed by atoms with Crippen molar-refractivity contribution >= 4 is 11.8 Å². The number of carbonyl (C=O) groups is 1. The molecule has 0 unspecified atom stereocenters. The molecule has 0 aliphatic carbocycles. The minimum Gasteiger partial charge on any atom is -0.497 e. The second-order valence-electron chi connectivity index (χ2n) is 4.20. The Kier molecular flexibility index (Phi) is 4.20. The van der Waals surface area contributed by atoms with Crippen molar-refractivity contribution in [1.82, 2.24) is 0 Å². The smallest absolute Gasteiger partial charge is 0.412 e. The Labute approximate surface area is 116 Å². The highest BCUT2D eigenvalue weighted by molar-refractivity contribution is 5.85. The van der Waals surface area contributed by atoms with Gasteiger partial charge in [0.15, 0.2) is 0 Å². The Morgan fingerprint density at radius 3 is 2.55 bits per heavy atom. The van der Waals surface area contributed by atoms with Crippen LogP contribution in [0.4, 0.5) is 14.9 Å². The van der Waals surface area contributed by atoms with E-state index < -0.39 is 11.9 Å². The van der Waals surface area contributed by atoms with Crippen LogP contribution in [0.25, 0.3) is 0 Å². The van der Waals surface area contributed by atoms with Gasteiger partial charge < -0.3 is 9.84 Å². The second-order valence-corrected chi connectivity index (χ2v) is 4.20. The lowest BCUT2D eigenvalue weighted by atomic mass is 10.2. The summed E-state index contributed by atoms with van der Waals surface area (Å²) in [6.07, 6.45) is -1.10. The Bertz CT molecular complexity index is 601. The van der Waals surface area contributed by atoms with Crippen LogP contribution in [0.5, 0.6) is 5.75 Å². The SMILES string of the molecule is COc1cc(F)cc(CN(C(=O)O)c2ccccc2)c1. The fraction of sp³-hybridized carbons (Fsp3) is 0.133. The van der Waals surface area contributed by atoms with E-state index in [1.165, 1.54) is 19.2 Å². The zero-order valence-electron chi connectivity index (χ0n) is 10.9. The van der Waals surface area contributed by atoms with Crippen molar-refractivity contribution in [3.8, 4) is 5.75 Å². The molecule has 2 aromatic carbocycles. The van der Waals surface area contributed by atoms with Crippen molar-refractivity contribution in [2.75, 3.05) is 12.0 Å². The van der Waals surface area contributed by atoms with Gasteiger partial charge in [-0.25, -0.2) is 9.18 Å². The highest BCUT2D eigenvalue weighted by Crippen LogP contribution is 2.21. The van der Waals surface area contributed by atoms with Crippen LogP contribution in [0.1, 0.15) is 5.56 Å². The normalized spacial score (nSPS) is 10.1. The lowest BCUT2D eigenvalue weighted by molar-refractivity contribution is 0.201. The predicted molar refractivity (Wildman–Crippen MR) is 73.6 cm³/mol. The van der Waals surface area contributed by atoms with Gasteiger partial charge >= 0.3 is 6.09 Å². The largest absolute Gasteiger partial charge is 0.497 e. The van der Waals surface area contributed by atoms with Crippen LogP contribution in [0.3, 0.4) is 0 Å². The van der Waals surface area contributed by atoms with Crippen LogP contribution in [0, 0.1) is 5.82 Å². The molecule has 0 saturated heterocycles.